The maximum absolute atomic E-state index is 13.6. The number of esters is 1. The van der Waals surface area contributed by atoms with Gasteiger partial charge in [-0.15, -0.1) is 0 Å². The highest BCUT2D eigenvalue weighted by Gasteiger charge is 2.18. The van der Waals surface area contributed by atoms with Crippen LogP contribution >= 0.6 is 0 Å². The topological polar surface area (TPSA) is 38.3 Å². The molecule has 0 radical (unpaired) electrons. The SMILES string of the molecule is CCOC(=O)CC(Cc1cc(F)ccc1F)NC(C)C. The highest BCUT2D eigenvalue weighted by molar-refractivity contribution is 5.70. The number of ether oxygens (including phenoxy) is 1. The molecule has 1 rings (SSSR count). The predicted molar refractivity (Wildman–Crippen MR) is 73.4 cm³/mol. The van der Waals surface area contributed by atoms with E-state index in [-0.39, 0.29) is 36.5 Å². The average Bonchev–Trinajstić information content (AvgIpc) is 2.33. The first-order valence-corrected chi connectivity index (χ1v) is 6.78. The zero-order chi connectivity index (χ0) is 15.1. The Morgan fingerprint density at radius 3 is 2.65 bits per heavy atom. The Kier molecular flexibility index (Phi) is 6.58. The molecule has 3 nitrogen and oxygen atoms in total. The van der Waals surface area contributed by atoms with Gasteiger partial charge in [-0.2, -0.15) is 0 Å². The van der Waals surface area contributed by atoms with Crippen LogP contribution in [-0.2, 0) is 16.0 Å². The smallest absolute Gasteiger partial charge is 0.307 e. The lowest BCUT2D eigenvalue weighted by Crippen LogP contribution is -2.38. The van der Waals surface area contributed by atoms with Crippen LogP contribution in [0.15, 0.2) is 18.2 Å². The Hall–Kier alpha value is -1.49. The lowest BCUT2D eigenvalue weighted by Gasteiger charge is -2.21. The lowest BCUT2D eigenvalue weighted by molar-refractivity contribution is -0.143. The molecule has 0 saturated carbocycles. The summed E-state index contributed by atoms with van der Waals surface area (Å²) >= 11 is 0. The summed E-state index contributed by atoms with van der Waals surface area (Å²) in [5.41, 5.74) is 0.257. The van der Waals surface area contributed by atoms with Crippen molar-refractivity contribution in [2.24, 2.45) is 0 Å². The van der Waals surface area contributed by atoms with Gasteiger partial charge in [-0.05, 0) is 37.1 Å². The zero-order valence-electron chi connectivity index (χ0n) is 12.1. The van der Waals surface area contributed by atoms with E-state index in [4.69, 9.17) is 4.74 Å². The number of rotatable bonds is 7. The molecule has 5 heteroatoms. The number of carbonyl (C=O) groups is 1. The van der Waals surface area contributed by atoms with Crippen LogP contribution in [0.5, 0.6) is 0 Å². The number of hydrogen-bond acceptors (Lipinski definition) is 3. The van der Waals surface area contributed by atoms with Crippen molar-refractivity contribution in [1.82, 2.24) is 5.32 Å². The molecule has 0 amide bonds. The van der Waals surface area contributed by atoms with E-state index in [2.05, 4.69) is 5.32 Å². The van der Waals surface area contributed by atoms with Gasteiger partial charge < -0.3 is 10.1 Å². The van der Waals surface area contributed by atoms with E-state index < -0.39 is 11.6 Å². The van der Waals surface area contributed by atoms with Gasteiger partial charge in [0, 0.05) is 12.1 Å². The van der Waals surface area contributed by atoms with E-state index in [1.165, 1.54) is 0 Å². The Morgan fingerprint density at radius 1 is 1.35 bits per heavy atom. The third kappa shape index (κ3) is 5.65. The molecule has 0 aliphatic carbocycles. The minimum absolute atomic E-state index is 0.127. The summed E-state index contributed by atoms with van der Waals surface area (Å²) in [7, 11) is 0. The molecule has 0 aliphatic rings. The largest absolute Gasteiger partial charge is 0.466 e. The molecule has 0 heterocycles. The van der Waals surface area contributed by atoms with Crippen molar-refractivity contribution >= 4 is 5.97 Å². The second-order valence-electron chi connectivity index (χ2n) is 4.97. The molecule has 0 aliphatic heterocycles. The summed E-state index contributed by atoms with van der Waals surface area (Å²) in [5, 5.41) is 3.17. The monoisotopic (exact) mass is 285 g/mol. The summed E-state index contributed by atoms with van der Waals surface area (Å²) in [6, 6.07) is 3.18. The molecule has 1 atom stereocenters. The van der Waals surface area contributed by atoms with Crippen molar-refractivity contribution in [1.29, 1.82) is 0 Å². The lowest BCUT2D eigenvalue weighted by atomic mass is 10.0. The predicted octanol–water partition coefficient (Wildman–Crippen LogP) is 2.83. The summed E-state index contributed by atoms with van der Waals surface area (Å²) in [4.78, 5) is 11.5. The average molecular weight is 285 g/mol. The molecule has 1 aromatic rings. The number of nitrogens with one attached hydrogen (secondary N) is 1. The van der Waals surface area contributed by atoms with Crippen LogP contribution in [-0.4, -0.2) is 24.7 Å². The molecular formula is C15H21F2NO2. The van der Waals surface area contributed by atoms with E-state index in [0.717, 1.165) is 18.2 Å². The standard InChI is InChI=1S/C15H21F2NO2/c1-4-20-15(19)9-13(18-10(2)3)8-11-7-12(16)5-6-14(11)17/h5-7,10,13,18H,4,8-9H2,1-3H3. The van der Waals surface area contributed by atoms with Crippen molar-refractivity contribution in [2.45, 2.75) is 45.7 Å². The fourth-order valence-corrected chi connectivity index (χ4v) is 2.05. The van der Waals surface area contributed by atoms with E-state index in [1.807, 2.05) is 13.8 Å². The minimum Gasteiger partial charge on any atom is -0.466 e. The number of carbonyl (C=O) groups excluding carboxylic acids is 1. The van der Waals surface area contributed by atoms with E-state index in [1.54, 1.807) is 6.92 Å². The zero-order valence-corrected chi connectivity index (χ0v) is 12.1. The van der Waals surface area contributed by atoms with Crippen LogP contribution in [0.25, 0.3) is 0 Å². The first-order valence-electron chi connectivity index (χ1n) is 6.78. The summed E-state index contributed by atoms with van der Waals surface area (Å²) in [6.45, 7) is 5.90. The van der Waals surface area contributed by atoms with Gasteiger partial charge >= 0.3 is 5.97 Å². The molecule has 0 bridgehead atoms. The van der Waals surface area contributed by atoms with Gasteiger partial charge in [-0.25, -0.2) is 8.78 Å². The van der Waals surface area contributed by atoms with Gasteiger partial charge in [0.15, 0.2) is 0 Å². The molecule has 20 heavy (non-hydrogen) atoms. The highest BCUT2D eigenvalue weighted by Crippen LogP contribution is 2.14. The van der Waals surface area contributed by atoms with Crippen LogP contribution in [0.2, 0.25) is 0 Å². The molecule has 0 fully saturated rings. The highest BCUT2D eigenvalue weighted by atomic mass is 19.1. The first-order chi connectivity index (χ1) is 9.42. The van der Waals surface area contributed by atoms with Gasteiger partial charge in [0.1, 0.15) is 11.6 Å². The van der Waals surface area contributed by atoms with Gasteiger partial charge in [0.25, 0.3) is 0 Å². The maximum Gasteiger partial charge on any atom is 0.307 e. The van der Waals surface area contributed by atoms with Crippen molar-refractivity contribution in [3.05, 3.63) is 35.4 Å². The maximum atomic E-state index is 13.6. The number of halogens is 2. The second-order valence-corrected chi connectivity index (χ2v) is 4.97. The molecule has 1 unspecified atom stereocenters. The Labute approximate surface area is 118 Å². The van der Waals surface area contributed by atoms with Gasteiger partial charge in [-0.1, -0.05) is 13.8 Å². The van der Waals surface area contributed by atoms with Crippen LogP contribution in [0.4, 0.5) is 8.78 Å². The van der Waals surface area contributed by atoms with Crippen LogP contribution in [0.3, 0.4) is 0 Å². The summed E-state index contributed by atoms with van der Waals surface area (Å²) in [5.74, 6) is -1.30. The van der Waals surface area contributed by atoms with Crippen molar-refractivity contribution in [3.63, 3.8) is 0 Å². The molecule has 112 valence electrons. The third-order valence-electron chi connectivity index (χ3n) is 2.76. The van der Waals surface area contributed by atoms with Crippen molar-refractivity contribution in [3.8, 4) is 0 Å². The Bertz CT molecular complexity index is 449. The number of benzene rings is 1. The quantitative estimate of drug-likeness (QED) is 0.783. The molecule has 1 aromatic carbocycles. The second kappa shape index (κ2) is 7.94. The van der Waals surface area contributed by atoms with E-state index in [9.17, 15) is 13.6 Å². The van der Waals surface area contributed by atoms with Crippen LogP contribution < -0.4 is 5.32 Å². The van der Waals surface area contributed by atoms with Crippen molar-refractivity contribution in [2.75, 3.05) is 6.61 Å². The first kappa shape index (κ1) is 16.6. The molecule has 0 spiro atoms. The fourth-order valence-electron chi connectivity index (χ4n) is 2.05. The van der Waals surface area contributed by atoms with Crippen LogP contribution in [0, 0.1) is 11.6 Å². The van der Waals surface area contributed by atoms with E-state index in [0.29, 0.717) is 6.61 Å². The Morgan fingerprint density at radius 2 is 2.05 bits per heavy atom. The third-order valence-corrected chi connectivity index (χ3v) is 2.76. The van der Waals surface area contributed by atoms with Crippen LogP contribution in [0.1, 0.15) is 32.8 Å². The normalized spacial score (nSPS) is 12.5. The van der Waals surface area contributed by atoms with Gasteiger partial charge in [0.05, 0.1) is 13.0 Å². The molecule has 0 saturated heterocycles. The molecule has 1 N–H and O–H groups in total. The fraction of sp³-hybridized carbons (Fsp3) is 0.533. The molecular weight excluding hydrogens is 264 g/mol. The summed E-state index contributed by atoms with van der Waals surface area (Å²) < 4.78 is 31.7. The Balaban J connectivity index is 2.77. The van der Waals surface area contributed by atoms with E-state index >= 15 is 0 Å². The molecule has 0 aromatic heterocycles. The number of hydrogen-bond donors (Lipinski definition) is 1. The van der Waals surface area contributed by atoms with Crippen molar-refractivity contribution < 1.29 is 18.3 Å². The van der Waals surface area contributed by atoms with Gasteiger partial charge in [-0.3, -0.25) is 4.79 Å². The minimum atomic E-state index is -0.485. The van der Waals surface area contributed by atoms with Gasteiger partial charge in [0.2, 0.25) is 0 Å². The summed E-state index contributed by atoms with van der Waals surface area (Å²) in [6.07, 6.45) is 0.364.